The highest BCUT2D eigenvalue weighted by Crippen LogP contribution is 2.27. The van der Waals surface area contributed by atoms with Crippen LogP contribution in [-0.2, 0) is 4.74 Å². The van der Waals surface area contributed by atoms with Crippen LogP contribution < -0.4 is 5.32 Å². The molecule has 4 aromatic heterocycles. The number of imidazole rings is 1. The maximum atomic E-state index is 11.5. The van der Waals surface area contributed by atoms with E-state index in [1.54, 1.807) is 18.3 Å². The smallest absolute Gasteiger partial charge is 0.339 e. The van der Waals surface area contributed by atoms with Gasteiger partial charge in [-0.1, -0.05) is 0 Å². The fourth-order valence-corrected chi connectivity index (χ4v) is 3.10. The van der Waals surface area contributed by atoms with Gasteiger partial charge in [0.15, 0.2) is 0 Å². The van der Waals surface area contributed by atoms with Gasteiger partial charge in [-0.2, -0.15) is 0 Å². The molecule has 0 amide bonds. The predicted molar refractivity (Wildman–Crippen MR) is 107 cm³/mol. The van der Waals surface area contributed by atoms with E-state index >= 15 is 0 Å². The van der Waals surface area contributed by atoms with Crippen LogP contribution in [0.5, 0.6) is 0 Å². The Hall–Kier alpha value is -3.74. The average molecular weight is 373 g/mol. The molecule has 4 aromatic rings. The molecule has 0 saturated carbocycles. The van der Waals surface area contributed by atoms with Gasteiger partial charge < -0.3 is 10.1 Å². The van der Waals surface area contributed by atoms with Gasteiger partial charge in [-0.3, -0.25) is 4.40 Å². The third-order valence-corrected chi connectivity index (χ3v) is 4.43. The van der Waals surface area contributed by atoms with E-state index in [0.29, 0.717) is 17.2 Å². The number of hydrogen-bond donors (Lipinski definition) is 1. The summed E-state index contributed by atoms with van der Waals surface area (Å²) >= 11 is 0. The van der Waals surface area contributed by atoms with Crippen molar-refractivity contribution in [3.05, 3.63) is 71.8 Å². The lowest BCUT2D eigenvalue weighted by atomic mass is 10.1. The minimum atomic E-state index is -0.419. The number of carbonyl (C=O) groups excluding carboxylic acids is 1. The molecular formula is C21H19N5O2. The van der Waals surface area contributed by atoms with Crippen molar-refractivity contribution in [3.8, 4) is 11.3 Å². The van der Waals surface area contributed by atoms with Gasteiger partial charge in [0.25, 0.3) is 0 Å². The highest BCUT2D eigenvalue weighted by atomic mass is 16.5. The van der Waals surface area contributed by atoms with E-state index in [1.807, 2.05) is 25.3 Å². The molecule has 0 atom stereocenters. The topological polar surface area (TPSA) is 81.4 Å². The molecule has 0 aliphatic heterocycles. The van der Waals surface area contributed by atoms with Crippen LogP contribution in [0.2, 0.25) is 0 Å². The highest BCUT2D eigenvalue weighted by molar-refractivity contribution is 5.89. The standard InChI is InChI=1S/C21H19N5O2/c1-13-7-9-26-19(10-13)24-14(2)20(26)15-6-8-22-18(11-15)25-17-5-4-16(12-23-17)21(27)28-3/h4-12H,1-3H3,(H,22,23,25). The summed E-state index contributed by atoms with van der Waals surface area (Å²) in [5.74, 6) is 0.817. The number of pyridine rings is 3. The number of carbonyl (C=O) groups is 1. The zero-order valence-electron chi connectivity index (χ0n) is 15.8. The molecular weight excluding hydrogens is 354 g/mol. The van der Waals surface area contributed by atoms with Crippen LogP contribution in [0, 0.1) is 13.8 Å². The molecule has 1 N–H and O–H groups in total. The van der Waals surface area contributed by atoms with Crippen molar-refractivity contribution < 1.29 is 9.53 Å². The summed E-state index contributed by atoms with van der Waals surface area (Å²) in [5, 5.41) is 3.16. The van der Waals surface area contributed by atoms with Gasteiger partial charge in [0.2, 0.25) is 0 Å². The zero-order chi connectivity index (χ0) is 19.7. The van der Waals surface area contributed by atoms with E-state index in [9.17, 15) is 4.79 Å². The molecule has 0 saturated heterocycles. The summed E-state index contributed by atoms with van der Waals surface area (Å²) in [6, 6.07) is 11.4. The second-order valence-corrected chi connectivity index (χ2v) is 6.46. The summed E-state index contributed by atoms with van der Waals surface area (Å²) in [5.41, 5.74) is 5.45. The Morgan fingerprint density at radius 2 is 1.93 bits per heavy atom. The SMILES string of the molecule is COC(=O)c1ccc(Nc2cc(-c3c(C)nc4cc(C)ccn34)ccn2)nc1. The number of methoxy groups -OCH3 is 1. The Labute approximate surface area is 162 Å². The van der Waals surface area contributed by atoms with E-state index in [-0.39, 0.29) is 0 Å². The van der Waals surface area contributed by atoms with Gasteiger partial charge in [0.1, 0.15) is 17.3 Å². The summed E-state index contributed by atoms with van der Waals surface area (Å²) in [6.07, 6.45) is 5.24. The maximum Gasteiger partial charge on any atom is 0.339 e. The molecule has 4 rings (SSSR count). The van der Waals surface area contributed by atoms with Crippen molar-refractivity contribution in [3.63, 3.8) is 0 Å². The van der Waals surface area contributed by atoms with Crippen molar-refractivity contribution in [1.82, 2.24) is 19.4 Å². The molecule has 7 nitrogen and oxygen atoms in total. The first-order valence-electron chi connectivity index (χ1n) is 8.78. The maximum absolute atomic E-state index is 11.5. The molecule has 0 unspecified atom stereocenters. The average Bonchev–Trinajstić information content (AvgIpc) is 3.03. The van der Waals surface area contributed by atoms with E-state index in [2.05, 4.69) is 48.5 Å². The Morgan fingerprint density at radius 1 is 1.07 bits per heavy atom. The van der Waals surface area contributed by atoms with E-state index < -0.39 is 5.97 Å². The molecule has 0 radical (unpaired) electrons. The van der Waals surface area contributed by atoms with Crippen LogP contribution in [0.4, 0.5) is 11.6 Å². The monoisotopic (exact) mass is 373 g/mol. The molecule has 0 spiro atoms. The Morgan fingerprint density at radius 3 is 2.68 bits per heavy atom. The molecule has 0 fully saturated rings. The molecule has 0 aliphatic carbocycles. The number of hydrogen-bond acceptors (Lipinski definition) is 6. The third-order valence-electron chi connectivity index (χ3n) is 4.43. The molecule has 28 heavy (non-hydrogen) atoms. The molecule has 0 aliphatic rings. The summed E-state index contributed by atoms with van der Waals surface area (Å²) in [6.45, 7) is 4.05. The van der Waals surface area contributed by atoms with E-state index in [1.165, 1.54) is 18.9 Å². The van der Waals surface area contributed by atoms with E-state index in [0.717, 1.165) is 22.6 Å². The van der Waals surface area contributed by atoms with Gasteiger partial charge >= 0.3 is 5.97 Å². The number of nitrogens with one attached hydrogen (secondary N) is 1. The number of nitrogens with zero attached hydrogens (tertiary/aromatic N) is 4. The fraction of sp³-hybridized carbons (Fsp3) is 0.143. The van der Waals surface area contributed by atoms with Crippen LogP contribution in [0.15, 0.2) is 55.0 Å². The Kier molecular flexibility index (Phi) is 4.49. The minimum absolute atomic E-state index is 0.395. The number of ether oxygens (including phenoxy) is 1. The first kappa shape index (κ1) is 17.7. The van der Waals surface area contributed by atoms with Crippen molar-refractivity contribution in [2.24, 2.45) is 0 Å². The number of esters is 1. The highest BCUT2D eigenvalue weighted by Gasteiger charge is 2.12. The fourth-order valence-electron chi connectivity index (χ4n) is 3.10. The van der Waals surface area contributed by atoms with Crippen molar-refractivity contribution in [1.29, 1.82) is 0 Å². The number of rotatable bonds is 4. The lowest BCUT2D eigenvalue weighted by molar-refractivity contribution is 0.0600. The van der Waals surface area contributed by atoms with Crippen LogP contribution >= 0.6 is 0 Å². The predicted octanol–water partition coefficient (Wildman–Crippen LogP) is 3.94. The molecule has 0 aromatic carbocycles. The van der Waals surface area contributed by atoms with Gasteiger partial charge in [-0.15, -0.1) is 0 Å². The normalized spacial score (nSPS) is 10.8. The number of anilines is 2. The largest absolute Gasteiger partial charge is 0.465 e. The summed E-state index contributed by atoms with van der Waals surface area (Å²) in [4.78, 5) is 24.8. The number of aryl methyl sites for hydroxylation is 2. The van der Waals surface area contributed by atoms with Crippen LogP contribution in [-0.4, -0.2) is 32.4 Å². The third kappa shape index (κ3) is 3.29. The summed E-state index contributed by atoms with van der Waals surface area (Å²) in [7, 11) is 1.34. The zero-order valence-corrected chi connectivity index (χ0v) is 15.8. The van der Waals surface area contributed by atoms with Gasteiger partial charge in [0, 0.05) is 24.2 Å². The quantitative estimate of drug-likeness (QED) is 0.546. The van der Waals surface area contributed by atoms with Crippen molar-refractivity contribution >= 4 is 23.3 Å². The molecule has 140 valence electrons. The van der Waals surface area contributed by atoms with Crippen LogP contribution in [0.3, 0.4) is 0 Å². The van der Waals surface area contributed by atoms with E-state index in [4.69, 9.17) is 0 Å². The number of aromatic nitrogens is 4. The summed E-state index contributed by atoms with van der Waals surface area (Å²) < 4.78 is 6.76. The Bertz CT molecular complexity index is 1170. The molecule has 4 heterocycles. The first-order valence-corrected chi connectivity index (χ1v) is 8.78. The van der Waals surface area contributed by atoms with Crippen molar-refractivity contribution in [2.75, 3.05) is 12.4 Å². The van der Waals surface area contributed by atoms with Crippen molar-refractivity contribution in [2.45, 2.75) is 13.8 Å². The van der Waals surface area contributed by atoms with Crippen LogP contribution in [0.1, 0.15) is 21.6 Å². The number of fused-ring (bicyclic) bond motifs is 1. The minimum Gasteiger partial charge on any atom is -0.465 e. The lowest BCUT2D eigenvalue weighted by Gasteiger charge is -2.08. The molecule has 7 heteroatoms. The van der Waals surface area contributed by atoms with Gasteiger partial charge in [-0.05, 0) is 55.8 Å². The first-order chi connectivity index (χ1) is 13.5. The van der Waals surface area contributed by atoms with Gasteiger partial charge in [0.05, 0.1) is 24.1 Å². The van der Waals surface area contributed by atoms with Crippen LogP contribution in [0.25, 0.3) is 16.9 Å². The van der Waals surface area contributed by atoms with Gasteiger partial charge in [-0.25, -0.2) is 19.7 Å². The second-order valence-electron chi connectivity index (χ2n) is 6.46. The Balaban J connectivity index is 1.65. The molecule has 0 bridgehead atoms. The lowest BCUT2D eigenvalue weighted by Crippen LogP contribution is -2.03. The second kappa shape index (κ2) is 7.11.